The van der Waals surface area contributed by atoms with Gasteiger partial charge in [0.1, 0.15) is 23.2 Å². The average molecular weight is 466 g/mol. The van der Waals surface area contributed by atoms with Gasteiger partial charge in [-0.15, -0.1) is 0 Å². The Hall–Kier alpha value is -2.63. The number of carbonyl (C=O) groups excluding carboxylic acids is 1. The first-order chi connectivity index (χ1) is 16.1. The maximum atomic E-state index is 13.1. The monoisotopic (exact) mass is 465 g/mol. The first-order valence-corrected chi connectivity index (χ1v) is 12.5. The number of nitrogens with zero attached hydrogens (tertiary/aromatic N) is 1. The van der Waals surface area contributed by atoms with Crippen LogP contribution in [0, 0.1) is 22.7 Å². The Morgan fingerprint density at radius 3 is 2.68 bits per heavy atom. The van der Waals surface area contributed by atoms with E-state index in [0.29, 0.717) is 29.4 Å². The van der Waals surface area contributed by atoms with Gasteiger partial charge in [-0.3, -0.25) is 9.78 Å². The van der Waals surface area contributed by atoms with Crippen LogP contribution in [0.15, 0.2) is 39.8 Å². The Kier molecular flexibility index (Phi) is 5.41. The highest BCUT2D eigenvalue weighted by molar-refractivity contribution is 5.66. The smallest absolute Gasteiger partial charge is 0.343 e. The molecule has 5 rings (SSSR count). The minimum Gasteiger partial charge on any atom is -0.487 e. The van der Waals surface area contributed by atoms with Crippen molar-refractivity contribution < 1.29 is 18.7 Å². The van der Waals surface area contributed by atoms with Gasteiger partial charge in [-0.05, 0) is 68.9 Å². The van der Waals surface area contributed by atoms with Gasteiger partial charge in [-0.25, -0.2) is 4.79 Å². The van der Waals surface area contributed by atoms with E-state index in [-0.39, 0.29) is 40.0 Å². The summed E-state index contributed by atoms with van der Waals surface area (Å²) in [7, 11) is 0. The molecule has 34 heavy (non-hydrogen) atoms. The standard InChI is InChI=1S/C28H35NO5/c1-6-26(3)22-9-12-28(5)23(27(22,4)11-10-24(26)32-17(2)30)14-19-21(34-28)15-20(33-25(19)31)18-8-7-13-29-16-18/h7-8,13,15-16,22-24H,6,9-12,14H2,1-5H3/t22-,23+,24-,26?,27-,28+/m0/s1. The molecule has 0 amide bonds. The molecule has 2 saturated carbocycles. The Balaban J connectivity index is 1.53. The number of esters is 1. The van der Waals surface area contributed by atoms with Gasteiger partial charge in [-0.2, -0.15) is 0 Å². The lowest BCUT2D eigenvalue weighted by Crippen LogP contribution is -2.64. The number of hydrogen-bond donors (Lipinski definition) is 0. The predicted octanol–water partition coefficient (Wildman–Crippen LogP) is 5.57. The summed E-state index contributed by atoms with van der Waals surface area (Å²) < 4.78 is 18.3. The van der Waals surface area contributed by atoms with Gasteiger partial charge in [0, 0.05) is 42.3 Å². The van der Waals surface area contributed by atoms with E-state index in [1.165, 1.54) is 6.92 Å². The van der Waals surface area contributed by atoms with Crippen molar-refractivity contribution in [3.63, 3.8) is 0 Å². The molecule has 6 heteroatoms. The third kappa shape index (κ3) is 3.40. The third-order valence-electron chi connectivity index (χ3n) is 9.51. The highest BCUT2D eigenvalue weighted by atomic mass is 16.5. The fourth-order valence-electron chi connectivity index (χ4n) is 7.62. The Bertz CT molecular complexity index is 1160. The van der Waals surface area contributed by atoms with E-state index in [2.05, 4.69) is 32.7 Å². The number of aromatic nitrogens is 1. The molecular formula is C28H35NO5. The van der Waals surface area contributed by atoms with Gasteiger partial charge in [0.15, 0.2) is 0 Å². The fraction of sp³-hybridized carbons (Fsp3) is 0.607. The summed E-state index contributed by atoms with van der Waals surface area (Å²) in [5.41, 5.74) is 0.585. The zero-order valence-electron chi connectivity index (χ0n) is 20.8. The molecule has 0 radical (unpaired) electrons. The second-order valence-electron chi connectivity index (χ2n) is 11.2. The van der Waals surface area contributed by atoms with Crippen molar-refractivity contribution in [1.29, 1.82) is 0 Å². The van der Waals surface area contributed by atoms with Gasteiger partial charge >= 0.3 is 11.6 Å². The molecule has 0 spiro atoms. The van der Waals surface area contributed by atoms with Crippen LogP contribution in [0.5, 0.6) is 5.75 Å². The Morgan fingerprint density at radius 1 is 1.21 bits per heavy atom. The van der Waals surface area contributed by atoms with Crippen molar-refractivity contribution in [2.45, 2.75) is 84.8 Å². The number of fused-ring (bicyclic) bond motifs is 4. The fourth-order valence-corrected chi connectivity index (χ4v) is 7.62. The molecule has 6 atom stereocenters. The lowest BCUT2D eigenvalue weighted by Gasteiger charge is -2.64. The summed E-state index contributed by atoms with van der Waals surface area (Å²) in [4.78, 5) is 29.1. The average Bonchev–Trinajstić information content (AvgIpc) is 2.80. The molecule has 6 nitrogen and oxygen atoms in total. The summed E-state index contributed by atoms with van der Waals surface area (Å²) in [6.45, 7) is 10.6. The van der Waals surface area contributed by atoms with Crippen molar-refractivity contribution in [1.82, 2.24) is 4.98 Å². The van der Waals surface area contributed by atoms with Crippen molar-refractivity contribution >= 4 is 5.97 Å². The second kappa shape index (κ2) is 7.96. The van der Waals surface area contributed by atoms with Gasteiger partial charge in [0.2, 0.25) is 0 Å². The van der Waals surface area contributed by atoms with E-state index in [1.807, 2.05) is 18.2 Å². The van der Waals surface area contributed by atoms with E-state index in [9.17, 15) is 9.59 Å². The van der Waals surface area contributed by atoms with Crippen LogP contribution in [0.3, 0.4) is 0 Å². The van der Waals surface area contributed by atoms with Gasteiger partial charge in [-0.1, -0.05) is 20.8 Å². The number of pyridine rings is 1. The third-order valence-corrected chi connectivity index (χ3v) is 9.51. The Labute approximate surface area is 201 Å². The first kappa shape index (κ1) is 23.1. The maximum absolute atomic E-state index is 13.1. The van der Waals surface area contributed by atoms with Crippen LogP contribution in [0.25, 0.3) is 11.3 Å². The summed E-state index contributed by atoms with van der Waals surface area (Å²) in [5.74, 6) is 1.49. The van der Waals surface area contributed by atoms with E-state index >= 15 is 0 Å². The lowest BCUT2D eigenvalue weighted by atomic mass is 9.43. The summed E-state index contributed by atoms with van der Waals surface area (Å²) in [6, 6.07) is 5.56. The van der Waals surface area contributed by atoms with Crippen LogP contribution in [0.1, 0.15) is 72.3 Å². The van der Waals surface area contributed by atoms with E-state index in [4.69, 9.17) is 13.9 Å². The summed E-state index contributed by atoms with van der Waals surface area (Å²) >= 11 is 0. The molecule has 2 aromatic rings. The van der Waals surface area contributed by atoms with Crippen LogP contribution in [-0.2, 0) is 16.0 Å². The van der Waals surface area contributed by atoms with Crippen molar-refractivity contribution in [3.8, 4) is 17.1 Å². The summed E-state index contributed by atoms with van der Waals surface area (Å²) in [5, 5.41) is 0. The van der Waals surface area contributed by atoms with E-state index < -0.39 is 0 Å². The quantitative estimate of drug-likeness (QED) is 0.552. The Morgan fingerprint density at radius 2 is 2.00 bits per heavy atom. The molecule has 2 aromatic heterocycles. The van der Waals surface area contributed by atoms with Crippen LogP contribution in [0.4, 0.5) is 0 Å². The largest absolute Gasteiger partial charge is 0.487 e. The molecule has 2 aliphatic carbocycles. The second-order valence-corrected chi connectivity index (χ2v) is 11.2. The lowest BCUT2D eigenvalue weighted by molar-refractivity contribution is -0.209. The molecule has 0 aromatic carbocycles. The molecule has 0 N–H and O–H groups in total. The topological polar surface area (TPSA) is 78.6 Å². The molecule has 2 fully saturated rings. The molecular weight excluding hydrogens is 430 g/mol. The molecule has 182 valence electrons. The SMILES string of the molecule is CCC1(C)[C@@H](OC(C)=O)CC[C@]2(C)[C@H]3Cc4c(cc(-c5cccnc5)oc4=O)O[C@]3(C)CC[C@@H]12. The number of ether oxygens (including phenoxy) is 2. The molecule has 0 saturated heterocycles. The molecule has 1 aliphatic heterocycles. The van der Waals surface area contributed by atoms with Gasteiger partial charge in [0.25, 0.3) is 0 Å². The molecule has 3 heterocycles. The van der Waals surface area contributed by atoms with Crippen LogP contribution >= 0.6 is 0 Å². The minimum absolute atomic E-state index is 0.0272. The van der Waals surface area contributed by atoms with Crippen LogP contribution < -0.4 is 10.4 Å². The summed E-state index contributed by atoms with van der Waals surface area (Å²) in [6.07, 6.45) is 8.61. The van der Waals surface area contributed by atoms with Crippen molar-refractivity contribution in [3.05, 3.63) is 46.6 Å². The highest BCUT2D eigenvalue weighted by Crippen LogP contribution is 2.65. The number of hydrogen-bond acceptors (Lipinski definition) is 6. The van der Waals surface area contributed by atoms with Crippen molar-refractivity contribution in [2.24, 2.45) is 22.7 Å². The van der Waals surface area contributed by atoms with E-state index in [0.717, 1.165) is 37.7 Å². The maximum Gasteiger partial charge on any atom is 0.343 e. The molecule has 1 unspecified atom stereocenters. The zero-order valence-corrected chi connectivity index (χ0v) is 20.8. The van der Waals surface area contributed by atoms with Gasteiger partial charge in [0.05, 0.1) is 5.56 Å². The van der Waals surface area contributed by atoms with Crippen molar-refractivity contribution in [2.75, 3.05) is 0 Å². The van der Waals surface area contributed by atoms with Gasteiger partial charge < -0.3 is 13.9 Å². The number of rotatable bonds is 3. The first-order valence-electron chi connectivity index (χ1n) is 12.5. The molecule has 3 aliphatic rings. The molecule has 0 bridgehead atoms. The van der Waals surface area contributed by atoms with E-state index in [1.54, 1.807) is 12.4 Å². The minimum atomic E-state index is -0.360. The highest BCUT2D eigenvalue weighted by Gasteiger charge is 2.64. The predicted molar refractivity (Wildman–Crippen MR) is 128 cm³/mol. The van der Waals surface area contributed by atoms with Crippen LogP contribution in [0.2, 0.25) is 0 Å². The zero-order chi connectivity index (χ0) is 24.3. The normalized spacial score (nSPS) is 36.4. The van der Waals surface area contributed by atoms with Crippen LogP contribution in [-0.4, -0.2) is 22.7 Å². The number of carbonyl (C=O) groups is 1.